The minimum atomic E-state index is -0.0347. The molecule has 2 aliphatic carbocycles. The number of thioether (sulfide) groups is 1. The van der Waals surface area contributed by atoms with E-state index < -0.39 is 0 Å². The van der Waals surface area contributed by atoms with Crippen molar-refractivity contribution in [3.63, 3.8) is 0 Å². The molecule has 21 heavy (non-hydrogen) atoms. The molecular formula is C16H30N2O2S. The molecule has 4 unspecified atom stereocenters. The molecule has 122 valence electrons. The Morgan fingerprint density at radius 2 is 1.95 bits per heavy atom. The van der Waals surface area contributed by atoms with E-state index >= 15 is 0 Å². The number of hydrogen-bond donors (Lipinski definition) is 3. The molecule has 0 aromatic carbocycles. The third-order valence-corrected chi connectivity index (χ3v) is 6.07. The summed E-state index contributed by atoms with van der Waals surface area (Å²) in [6.45, 7) is 2.38. The minimum Gasteiger partial charge on any atom is -0.396 e. The van der Waals surface area contributed by atoms with E-state index in [4.69, 9.17) is 0 Å². The maximum Gasteiger partial charge on any atom is 0.315 e. The smallest absolute Gasteiger partial charge is 0.315 e. The van der Waals surface area contributed by atoms with Crippen molar-refractivity contribution >= 4 is 17.8 Å². The van der Waals surface area contributed by atoms with Gasteiger partial charge in [-0.2, -0.15) is 11.8 Å². The van der Waals surface area contributed by atoms with Crippen LogP contribution in [0.4, 0.5) is 4.79 Å². The third kappa shape index (κ3) is 5.37. The van der Waals surface area contributed by atoms with E-state index in [0.717, 1.165) is 37.9 Å². The second kappa shape index (κ2) is 8.89. The van der Waals surface area contributed by atoms with Crippen molar-refractivity contribution in [1.29, 1.82) is 0 Å². The lowest BCUT2D eigenvalue weighted by molar-refractivity contribution is 0.178. The van der Waals surface area contributed by atoms with Crippen LogP contribution in [-0.4, -0.2) is 40.8 Å². The van der Waals surface area contributed by atoms with Crippen LogP contribution in [-0.2, 0) is 0 Å². The van der Waals surface area contributed by atoms with Gasteiger partial charge in [0.05, 0.1) is 0 Å². The summed E-state index contributed by atoms with van der Waals surface area (Å²) in [6, 6.07) is 0.430. The first-order valence-corrected chi connectivity index (χ1v) is 9.57. The SMILES string of the molecule is CCSC1CCC(NC(=O)NC2CCCCCC2CO)C1. The molecule has 2 rings (SSSR count). The van der Waals surface area contributed by atoms with Gasteiger partial charge >= 0.3 is 6.03 Å². The fourth-order valence-corrected chi connectivity index (χ4v) is 4.79. The summed E-state index contributed by atoms with van der Waals surface area (Å²) in [5.74, 6) is 1.38. The van der Waals surface area contributed by atoms with Crippen molar-refractivity contribution in [2.75, 3.05) is 12.4 Å². The maximum atomic E-state index is 12.2. The van der Waals surface area contributed by atoms with Gasteiger partial charge in [-0.05, 0) is 37.9 Å². The monoisotopic (exact) mass is 314 g/mol. The van der Waals surface area contributed by atoms with Crippen LogP contribution in [0.5, 0.6) is 0 Å². The van der Waals surface area contributed by atoms with Crippen LogP contribution in [0.3, 0.4) is 0 Å². The summed E-state index contributed by atoms with van der Waals surface area (Å²) in [6.07, 6.45) is 8.97. The first kappa shape index (κ1) is 16.9. The van der Waals surface area contributed by atoms with Gasteiger partial charge in [0.15, 0.2) is 0 Å². The van der Waals surface area contributed by atoms with Gasteiger partial charge in [0.25, 0.3) is 0 Å². The molecule has 4 atom stereocenters. The molecule has 4 nitrogen and oxygen atoms in total. The zero-order valence-corrected chi connectivity index (χ0v) is 14.0. The lowest BCUT2D eigenvalue weighted by Crippen LogP contribution is -2.48. The molecule has 2 fully saturated rings. The molecular weight excluding hydrogens is 284 g/mol. The standard InChI is InChI=1S/C16H30N2O2S/c1-2-21-14-9-8-13(10-14)17-16(20)18-15-7-5-3-4-6-12(15)11-19/h12-15,19H,2-11H2,1H3,(H2,17,18,20). The van der Waals surface area contributed by atoms with Crippen molar-refractivity contribution < 1.29 is 9.90 Å². The van der Waals surface area contributed by atoms with E-state index in [1.165, 1.54) is 19.3 Å². The average Bonchev–Trinajstić information content (AvgIpc) is 2.77. The van der Waals surface area contributed by atoms with E-state index in [2.05, 4.69) is 17.6 Å². The summed E-state index contributed by atoms with van der Waals surface area (Å²) in [7, 11) is 0. The van der Waals surface area contributed by atoms with Crippen LogP contribution >= 0.6 is 11.8 Å². The summed E-state index contributed by atoms with van der Waals surface area (Å²) in [4.78, 5) is 12.2. The first-order valence-electron chi connectivity index (χ1n) is 8.52. The van der Waals surface area contributed by atoms with E-state index in [-0.39, 0.29) is 24.6 Å². The van der Waals surface area contributed by atoms with Crippen molar-refractivity contribution in [2.45, 2.75) is 75.6 Å². The highest BCUT2D eigenvalue weighted by atomic mass is 32.2. The molecule has 5 heteroatoms. The molecule has 2 amide bonds. The fourth-order valence-electron chi connectivity index (χ4n) is 3.65. The molecule has 0 aromatic rings. The number of nitrogens with one attached hydrogen (secondary N) is 2. The van der Waals surface area contributed by atoms with Crippen LogP contribution in [0.1, 0.15) is 58.3 Å². The lowest BCUT2D eigenvalue weighted by atomic mass is 9.96. The molecule has 3 N–H and O–H groups in total. The predicted octanol–water partition coefficient (Wildman–Crippen LogP) is 2.90. The summed E-state index contributed by atoms with van der Waals surface area (Å²) in [5.41, 5.74) is 0. The van der Waals surface area contributed by atoms with E-state index in [1.54, 1.807) is 0 Å². The van der Waals surface area contributed by atoms with Crippen molar-refractivity contribution in [3.05, 3.63) is 0 Å². The van der Waals surface area contributed by atoms with Gasteiger partial charge in [0.2, 0.25) is 0 Å². The summed E-state index contributed by atoms with van der Waals surface area (Å²) >= 11 is 2.01. The zero-order chi connectivity index (χ0) is 15.1. The van der Waals surface area contributed by atoms with E-state index in [9.17, 15) is 9.90 Å². The number of aliphatic hydroxyl groups excluding tert-OH is 1. The number of amides is 2. The minimum absolute atomic E-state index is 0.0347. The number of rotatable bonds is 5. The second-order valence-corrected chi connectivity index (χ2v) is 7.97. The number of urea groups is 1. The van der Waals surface area contributed by atoms with Gasteiger partial charge in [-0.1, -0.05) is 26.2 Å². The zero-order valence-electron chi connectivity index (χ0n) is 13.1. The van der Waals surface area contributed by atoms with E-state index in [0.29, 0.717) is 11.3 Å². The highest BCUT2D eigenvalue weighted by Crippen LogP contribution is 2.29. The molecule has 0 aliphatic heterocycles. The number of carbonyl (C=O) groups is 1. The summed E-state index contributed by atoms with van der Waals surface area (Å²) < 4.78 is 0. The number of hydrogen-bond acceptors (Lipinski definition) is 3. The molecule has 0 heterocycles. The second-order valence-electron chi connectivity index (χ2n) is 6.39. The molecule has 0 aromatic heterocycles. The molecule has 2 aliphatic rings. The molecule has 2 saturated carbocycles. The largest absolute Gasteiger partial charge is 0.396 e. The quantitative estimate of drug-likeness (QED) is 0.684. The van der Waals surface area contributed by atoms with Gasteiger partial charge in [-0.3, -0.25) is 0 Å². The normalized spacial score (nSPS) is 33.4. The van der Waals surface area contributed by atoms with Gasteiger partial charge < -0.3 is 15.7 Å². The highest BCUT2D eigenvalue weighted by molar-refractivity contribution is 7.99. The van der Waals surface area contributed by atoms with Crippen molar-refractivity contribution in [3.8, 4) is 0 Å². The molecule has 0 radical (unpaired) electrons. The lowest BCUT2D eigenvalue weighted by Gasteiger charge is -2.25. The van der Waals surface area contributed by atoms with Crippen LogP contribution in [0, 0.1) is 5.92 Å². The fraction of sp³-hybridized carbons (Fsp3) is 0.938. The van der Waals surface area contributed by atoms with Crippen molar-refractivity contribution in [1.82, 2.24) is 10.6 Å². The van der Waals surface area contributed by atoms with Gasteiger partial charge in [0.1, 0.15) is 0 Å². The van der Waals surface area contributed by atoms with Crippen LogP contribution in [0.2, 0.25) is 0 Å². The average molecular weight is 314 g/mol. The summed E-state index contributed by atoms with van der Waals surface area (Å²) in [5, 5.41) is 16.5. The van der Waals surface area contributed by atoms with Gasteiger partial charge in [0, 0.05) is 29.9 Å². The van der Waals surface area contributed by atoms with Gasteiger partial charge in [-0.25, -0.2) is 4.79 Å². The Kier molecular flexibility index (Phi) is 7.17. The Bertz CT molecular complexity index is 327. The molecule has 0 saturated heterocycles. The van der Waals surface area contributed by atoms with Crippen molar-refractivity contribution in [2.24, 2.45) is 5.92 Å². The predicted molar refractivity (Wildman–Crippen MR) is 88.7 cm³/mol. The first-order chi connectivity index (χ1) is 10.2. The third-order valence-electron chi connectivity index (χ3n) is 4.83. The molecule has 0 spiro atoms. The number of aliphatic hydroxyl groups is 1. The Balaban J connectivity index is 1.75. The Morgan fingerprint density at radius 3 is 2.71 bits per heavy atom. The Morgan fingerprint density at radius 1 is 1.14 bits per heavy atom. The van der Waals surface area contributed by atoms with Gasteiger partial charge in [-0.15, -0.1) is 0 Å². The van der Waals surface area contributed by atoms with Crippen LogP contribution in [0.15, 0.2) is 0 Å². The maximum absolute atomic E-state index is 12.2. The highest BCUT2D eigenvalue weighted by Gasteiger charge is 2.28. The van der Waals surface area contributed by atoms with Crippen LogP contribution in [0.25, 0.3) is 0 Å². The Labute approximate surface area is 132 Å². The topological polar surface area (TPSA) is 61.4 Å². The molecule has 0 bridgehead atoms. The van der Waals surface area contributed by atoms with E-state index in [1.807, 2.05) is 11.8 Å². The van der Waals surface area contributed by atoms with Crippen LogP contribution < -0.4 is 10.6 Å². The Hall–Kier alpha value is -0.420. The number of carbonyl (C=O) groups excluding carboxylic acids is 1.